The maximum absolute atomic E-state index is 9.55. The Morgan fingerprint density at radius 3 is 0.983 bits per heavy atom. The van der Waals surface area contributed by atoms with Crippen molar-refractivity contribution in [1.29, 1.82) is 0 Å². The van der Waals surface area contributed by atoms with Crippen LogP contribution < -0.4 is 24.0 Å². The molecule has 6 rings (SSSR count). The fraction of sp³-hybridized carbons (Fsp3) is 0.115. The second-order valence-corrected chi connectivity index (χ2v) is 15.9. The van der Waals surface area contributed by atoms with E-state index in [2.05, 4.69) is 114 Å². The summed E-state index contributed by atoms with van der Waals surface area (Å²) in [6.45, 7) is 6.46. The maximum Gasteiger partial charge on any atom is 0.120 e. The first-order chi connectivity index (χ1) is 27.2. The highest BCUT2D eigenvalue weighted by molar-refractivity contribution is 14.1. The van der Waals surface area contributed by atoms with Gasteiger partial charge in [0.2, 0.25) is 0 Å². The Bertz CT molecular complexity index is 2310. The van der Waals surface area contributed by atoms with Gasteiger partial charge in [-0.25, -0.2) is 0 Å². The monoisotopic (exact) mass is 1110 g/mol. The summed E-state index contributed by atoms with van der Waals surface area (Å²) >= 11 is 9.01. The summed E-state index contributed by atoms with van der Waals surface area (Å²) in [6.07, 6.45) is 9.91. The van der Waals surface area contributed by atoms with Crippen LogP contribution in [-0.2, 0) is 0 Å². The van der Waals surface area contributed by atoms with Crippen LogP contribution in [0, 0.1) is 63.8 Å². The molecule has 0 unspecified atom stereocenters. The van der Waals surface area contributed by atoms with E-state index in [0.717, 1.165) is 42.3 Å². The zero-order valence-electron chi connectivity index (χ0n) is 32.6. The Hall–Kier alpha value is -4.54. The minimum absolute atomic E-state index is 0. The molecular weight excluding hydrogens is 1070 g/mol. The molecule has 0 amide bonds. The first-order valence-electron chi connectivity index (χ1n) is 17.5. The van der Waals surface area contributed by atoms with Gasteiger partial charge in [0.1, 0.15) is 11.2 Å². The maximum atomic E-state index is 9.55. The van der Waals surface area contributed by atoms with Crippen molar-refractivity contribution >= 4 is 54.5 Å². The first kappa shape index (κ1) is 51.5. The molecule has 58 heavy (non-hydrogen) atoms. The van der Waals surface area contributed by atoms with Gasteiger partial charge in [-0.15, -0.1) is 12.8 Å². The summed E-state index contributed by atoms with van der Waals surface area (Å²) in [4.78, 5) is 0. The SMILES string of the molecule is Brc1ccc(C#Cc2ccccc2)cc1.Brc1ccc(I)cc1.C#CC(C)(C)O.C#Cc1ccccc1.CC(C)(O)C#Cc1ccc(C#Cc2ccccc2)cc1.[I-]. The van der Waals surface area contributed by atoms with E-state index in [9.17, 15) is 5.11 Å². The Labute approximate surface area is 393 Å². The van der Waals surface area contributed by atoms with Gasteiger partial charge in [0.05, 0.1) is 0 Å². The van der Waals surface area contributed by atoms with Gasteiger partial charge in [-0.1, -0.05) is 134 Å². The second kappa shape index (κ2) is 28.8. The number of hydrogen-bond acceptors (Lipinski definition) is 2. The van der Waals surface area contributed by atoms with Crippen molar-refractivity contribution in [2.24, 2.45) is 0 Å². The predicted molar refractivity (Wildman–Crippen MR) is 255 cm³/mol. The molecule has 2 N–H and O–H groups in total. The number of benzene rings is 6. The van der Waals surface area contributed by atoms with Crippen LogP contribution in [0.1, 0.15) is 61.1 Å². The minimum atomic E-state index is -0.966. The highest BCUT2D eigenvalue weighted by atomic mass is 127. The van der Waals surface area contributed by atoms with E-state index in [-0.39, 0.29) is 24.0 Å². The Morgan fingerprint density at radius 2 is 0.707 bits per heavy atom. The van der Waals surface area contributed by atoms with Gasteiger partial charge in [-0.2, -0.15) is 0 Å². The number of halogens is 4. The molecule has 0 aliphatic rings. The second-order valence-electron chi connectivity index (χ2n) is 12.8. The molecule has 6 aromatic rings. The van der Waals surface area contributed by atoms with Crippen LogP contribution in [-0.4, -0.2) is 21.4 Å². The van der Waals surface area contributed by atoms with Crippen LogP contribution in [0.15, 0.2) is 173 Å². The smallest absolute Gasteiger partial charge is 0.120 e. The molecule has 0 saturated heterocycles. The fourth-order valence-corrected chi connectivity index (χ4v) is 4.58. The van der Waals surface area contributed by atoms with Crippen molar-refractivity contribution in [3.05, 3.63) is 210 Å². The van der Waals surface area contributed by atoms with Crippen molar-refractivity contribution in [3.63, 3.8) is 0 Å². The summed E-state index contributed by atoms with van der Waals surface area (Å²) in [7, 11) is 0. The third-order valence-corrected chi connectivity index (χ3v) is 8.37. The van der Waals surface area contributed by atoms with Gasteiger partial charge in [0, 0.05) is 45.9 Å². The third kappa shape index (κ3) is 26.4. The predicted octanol–water partition coefficient (Wildman–Crippen LogP) is 9.17. The van der Waals surface area contributed by atoms with Crippen molar-refractivity contribution in [2.45, 2.75) is 38.9 Å². The van der Waals surface area contributed by atoms with Crippen LogP contribution in [0.2, 0.25) is 0 Å². The highest BCUT2D eigenvalue weighted by Gasteiger charge is 2.05. The van der Waals surface area contributed by atoms with Gasteiger partial charge in [0.25, 0.3) is 0 Å². The van der Waals surface area contributed by atoms with Gasteiger partial charge in [-0.05, 0) is 159 Å². The fourth-order valence-electron chi connectivity index (χ4n) is 3.69. The lowest BCUT2D eigenvalue weighted by molar-refractivity contribution is -0.0000196. The van der Waals surface area contributed by atoms with E-state index in [1.54, 1.807) is 27.7 Å². The molecular formula is C52H43Br2I2O2-. The van der Waals surface area contributed by atoms with Gasteiger partial charge in [0.15, 0.2) is 0 Å². The molecule has 0 aliphatic heterocycles. The first-order valence-corrected chi connectivity index (χ1v) is 20.2. The van der Waals surface area contributed by atoms with E-state index in [1.807, 2.05) is 152 Å². The molecule has 0 fully saturated rings. The summed E-state index contributed by atoms with van der Waals surface area (Å²) < 4.78 is 3.48. The minimum Gasteiger partial charge on any atom is -1.00 e. The van der Waals surface area contributed by atoms with Crippen molar-refractivity contribution in [2.75, 3.05) is 0 Å². The summed E-state index contributed by atoms with van der Waals surface area (Å²) in [5, 5.41) is 18.1. The summed E-state index contributed by atoms with van der Waals surface area (Å²) in [6, 6.07) is 53.3. The van der Waals surface area contributed by atoms with Gasteiger partial charge in [-0.3, -0.25) is 0 Å². The lowest BCUT2D eigenvalue weighted by atomic mass is 10.1. The molecule has 6 aromatic carbocycles. The summed E-state index contributed by atoms with van der Waals surface area (Å²) in [5.41, 5.74) is 3.93. The average Bonchev–Trinajstić information content (AvgIpc) is 3.22. The molecule has 0 spiro atoms. The third-order valence-electron chi connectivity index (χ3n) is 6.59. The average molecular weight is 1110 g/mol. The largest absolute Gasteiger partial charge is 1.00 e. The van der Waals surface area contributed by atoms with Crippen LogP contribution in [0.3, 0.4) is 0 Å². The lowest BCUT2D eigenvalue weighted by Gasteiger charge is -2.05. The number of hydrogen-bond donors (Lipinski definition) is 2. The molecule has 6 heteroatoms. The zero-order chi connectivity index (χ0) is 41.9. The van der Waals surface area contributed by atoms with Crippen molar-refractivity contribution in [3.8, 4) is 60.2 Å². The van der Waals surface area contributed by atoms with E-state index >= 15 is 0 Å². The van der Waals surface area contributed by atoms with Crippen molar-refractivity contribution < 1.29 is 34.2 Å². The Morgan fingerprint density at radius 1 is 0.431 bits per heavy atom. The Kier molecular flexibility index (Phi) is 25.6. The van der Waals surface area contributed by atoms with E-state index in [1.165, 1.54) is 3.57 Å². The molecule has 0 radical (unpaired) electrons. The number of rotatable bonds is 0. The van der Waals surface area contributed by atoms with Crippen LogP contribution in [0.25, 0.3) is 0 Å². The number of aliphatic hydroxyl groups is 2. The quantitative estimate of drug-likeness (QED) is 0.118. The zero-order valence-corrected chi connectivity index (χ0v) is 40.1. The number of terminal acetylenes is 2. The topological polar surface area (TPSA) is 40.5 Å². The normalized spacial score (nSPS) is 9.22. The molecule has 0 atom stereocenters. The van der Waals surface area contributed by atoms with E-state index in [0.29, 0.717) is 0 Å². The standard InChI is InChI=1S/C19H16O.C14H9Br.C8H6.C6H4BrI.C5H8O.HI/c1-19(2,20)15-14-18-12-10-17(11-13-18)9-8-16-6-4-3-5-7-16;15-14-10-8-13(9-11-14)7-6-12-4-2-1-3-5-12;1-2-8-6-4-3-5-7-8;7-5-1-3-6(8)4-2-5;1-4-5(2,3)6;/h3-7,10-13,20H,1-2H3;1-5,8-11H;1,3-7H;1-4H;1,6H,2-3H3;1H/p-1. The van der Waals surface area contributed by atoms with Crippen molar-refractivity contribution in [1.82, 2.24) is 0 Å². The molecule has 2 nitrogen and oxygen atoms in total. The Balaban J connectivity index is 0.000000389. The van der Waals surface area contributed by atoms with Crippen LogP contribution >= 0.6 is 54.5 Å². The van der Waals surface area contributed by atoms with E-state index < -0.39 is 11.2 Å². The summed E-state index contributed by atoms with van der Waals surface area (Å²) in [5.74, 6) is 22.9. The lowest BCUT2D eigenvalue weighted by Crippen LogP contribution is -3.00. The molecule has 0 saturated carbocycles. The molecule has 0 aliphatic carbocycles. The van der Waals surface area contributed by atoms with Gasteiger partial charge < -0.3 is 34.2 Å². The molecule has 0 bridgehead atoms. The molecule has 0 heterocycles. The van der Waals surface area contributed by atoms with Crippen LogP contribution in [0.5, 0.6) is 0 Å². The molecule has 0 aromatic heterocycles. The molecule has 292 valence electrons. The highest BCUT2D eigenvalue weighted by Crippen LogP contribution is 2.12. The van der Waals surface area contributed by atoms with Crippen LogP contribution in [0.4, 0.5) is 0 Å². The van der Waals surface area contributed by atoms with E-state index in [4.69, 9.17) is 18.0 Å². The van der Waals surface area contributed by atoms with Gasteiger partial charge >= 0.3 is 0 Å².